The highest BCUT2D eigenvalue weighted by atomic mass is 35.5. The molecule has 0 unspecified atom stereocenters. The Kier molecular flexibility index (Phi) is 3.78. The van der Waals surface area contributed by atoms with E-state index in [-0.39, 0.29) is 0 Å². The van der Waals surface area contributed by atoms with E-state index in [0.717, 1.165) is 17.2 Å². The summed E-state index contributed by atoms with van der Waals surface area (Å²) in [6.45, 7) is 2.72. The minimum atomic E-state index is 0.317. The first-order valence-electron chi connectivity index (χ1n) is 8.21. The van der Waals surface area contributed by atoms with E-state index >= 15 is 0 Å². The van der Waals surface area contributed by atoms with Crippen LogP contribution in [0, 0.1) is 5.92 Å². The molecule has 118 valence electrons. The zero-order valence-corrected chi connectivity index (χ0v) is 13.9. The van der Waals surface area contributed by atoms with Crippen molar-refractivity contribution in [2.75, 3.05) is 11.9 Å². The fourth-order valence-corrected chi connectivity index (χ4v) is 3.96. The SMILES string of the molecule is CCOc1ccc2c(c1)[C@H]1C=CC[C@H]1[C@@H](c1ccc(Cl)cc1)N2. The summed E-state index contributed by atoms with van der Waals surface area (Å²) in [5.41, 5.74) is 3.86. The molecule has 0 fully saturated rings. The summed E-state index contributed by atoms with van der Waals surface area (Å²) in [4.78, 5) is 0. The van der Waals surface area contributed by atoms with Crippen LogP contribution in [0.15, 0.2) is 54.6 Å². The van der Waals surface area contributed by atoms with Crippen molar-refractivity contribution in [3.63, 3.8) is 0 Å². The van der Waals surface area contributed by atoms with Gasteiger partial charge in [-0.15, -0.1) is 0 Å². The molecule has 1 aliphatic carbocycles. The third-order valence-corrected chi connectivity index (χ3v) is 5.13. The van der Waals surface area contributed by atoms with Crippen LogP contribution in [0.4, 0.5) is 5.69 Å². The van der Waals surface area contributed by atoms with Gasteiger partial charge in [0.25, 0.3) is 0 Å². The van der Waals surface area contributed by atoms with Gasteiger partial charge in [0.15, 0.2) is 0 Å². The molecule has 2 aliphatic rings. The standard InChI is InChI=1S/C20H20ClNO/c1-2-23-15-10-11-19-18(12-15)16-4-3-5-17(16)20(22-19)13-6-8-14(21)9-7-13/h3-4,6-12,16-17,20,22H,2,5H2,1H3/t16-,17+,20+/m0/s1. The number of halogens is 1. The molecule has 2 aromatic carbocycles. The van der Waals surface area contributed by atoms with E-state index in [4.69, 9.17) is 16.3 Å². The maximum Gasteiger partial charge on any atom is 0.119 e. The first-order valence-corrected chi connectivity index (χ1v) is 8.59. The largest absolute Gasteiger partial charge is 0.494 e. The van der Waals surface area contributed by atoms with E-state index in [9.17, 15) is 0 Å². The molecule has 1 heterocycles. The van der Waals surface area contributed by atoms with Gasteiger partial charge in [-0.3, -0.25) is 0 Å². The van der Waals surface area contributed by atoms with Crippen LogP contribution in [0.2, 0.25) is 5.02 Å². The van der Waals surface area contributed by atoms with Crippen molar-refractivity contribution < 1.29 is 4.74 Å². The molecule has 0 radical (unpaired) electrons. The molecule has 0 saturated carbocycles. The van der Waals surface area contributed by atoms with Crippen LogP contribution in [0.1, 0.15) is 36.4 Å². The van der Waals surface area contributed by atoms with E-state index in [1.54, 1.807) is 0 Å². The Bertz CT molecular complexity index is 738. The zero-order valence-electron chi connectivity index (χ0n) is 13.1. The van der Waals surface area contributed by atoms with E-state index < -0.39 is 0 Å². The number of benzene rings is 2. The van der Waals surface area contributed by atoms with Crippen LogP contribution in [0.25, 0.3) is 0 Å². The Morgan fingerprint density at radius 1 is 1.17 bits per heavy atom. The topological polar surface area (TPSA) is 21.3 Å². The summed E-state index contributed by atoms with van der Waals surface area (Å²) in [5, 5.41) is 4.52. The smallest absolute Gasteiger partial charge is 0.119 e. The minimum Gasteiger partial charge on any atom is -0.494 e. The van der Waals surface area contributed by atoms with Crippen molar-refractivity contribution in [3.05, 3.63) is 70.8 Å². The number of nitrogens with one attached hydrogen (secondary N) is 1. The number of allylic oxidation sites excluding steroid dienone is 2. The molecular weight excluding hydrogens is 306 g/mol. The highest BCUT2D eigenvalue weighted by Gasteiger charge is 2.37. The lowest BCUT2D eigenvalue weighted by molar-refractivity contribution is 0.338. The van der Waals surface area contributed by atoms with Gasteiger partial charge < -0.3 is 10.1 Å². The highest BCUT2D eigenvalue weighted by molar-refractivity contribution is 6.30. The average molecular weight is 326 g/mol. The van der Waals surface area contributed by atoms with Gasteiger partial charge in [-0.25, -0.2) is 0 Å². The van der Waals surface area contributed by atoms with Crippen molar-refractivity contribution in [2.45, 2.75) is 25.3 Å². The molecule has 0 aromatic heterocycles. The molecule has 2 nitrogen and oxygen atoms in total. The van der Waals surface area contributed by atoms with Gasteiger partial charge in [0.05, 0.1) is 12.6 Å². The number of anilines is 1. The molecule has 0 amide bonds. The monoisotopic (exact) mass is 325 g/mol. The third-order valence-electron chi connectivity index (χ3n) is 4.87. The minimum absolute atomic E-state index is 0.317. The fourth-order valence-electron chi connectivity index (χ4n) is 3.83. The molecule has 0 saturated heterocycles. The van der Waals surface area contributed by atoms with E-state index in [1.165, 1.54) is 16.8 Å². The van der Waals surface area contributed by atoms with Crippen molar-refractivity contribution in [3.8, 4) is 5.75 Å². The second-order valence-corrected chi connectivity index (χ2v) is 6.65. The fraction of sp³-hybridized carbons (Fsp3) is 0.300. The zero-order chi connectivity index (χ0) is 15.8. The lowest BCUT2D eigenvalue weighted by Gasteiger charge is -2.37. The lowest BCUT2D eigenvalue weighted by Crippen LogP contribution is -2.29. The van der Waals surface area contributed by atoms with Gasteiger partial charge in [0.1, 0.15) is 5.75 Å². The normalized spacial score (nSPS) is 24.7. The molecular formula is C20H20ClNO. The van der Waals surface area contributed by atoms with Gasteiger partial charge in [-0.1, -0.05) is 35.9 Å². The Hall–Kier alpha value is -1.93. The predicted octanol–water partition coefficient (Wildman–Crippen LogP) is 5.57. The molecule has 0 bridgehead atoms. The van der Waals surface area contributed by atoms with Crippen molar-refractivity contribution in [1.29, 1.82) is 0 Å². The maximum atomic E-state index is 6.04. The second-order valence-electron chi connectivity index (χ2n) is 6.21. The number of rotatable bonds is 3. The molecule has 1 N–H and O–H groups in total. The molecule has 4 rings (SSSR count). The van der Waals surface area contributed by atoms with Gasteiger partial charge >= 0.3 is 0 Å². The summed E-state index contributed by atoms with van der Waals surface area (Å²) >= 11 is 6.04. The van der Waals surface area contributed by atoms with Gasteiger partial charge in [0, 0.05) is 16.6 Å². The molecule has 3 heteroatoms. The summed E-state index contributed by atoms with van der Waals surface area (Å²) in [6, 6.07) is 14.9. The molecule has 23 heavy (non-hydrogen) atoms. The molecule has 2 aromatic rings. The molecule has 1 aliphatic heterocycles. The summed E-state index contributed by atoms with van der Waals surface area (Å²) in [6.07, 6.45) is 5.76. The Morgan fingerprint density at radius 3 is 2.78 bits per heavy atom. The Labute approximate surface area is 142 Å². The van der Waals surface area contributed by atoms with Crippen LogP contribution in [0.5, 0.6) is 5.75 Å². The summed E-state index contributed by atoms with van der Waals surface area (Å²) in [7, 11) is 0. The van der Waals surface area contributed by atoms with Crippen molar-refractivity contribution in [2.24, 2.45) is 5.92 Å². The van der Waals surface area contributed by atoms with Crippen LogP contribution in [-0.2, 0) is 0 Å². The first-order chi connectivity index (χ1) is 11.3. The second kappa shape index (κ2) is 5.93. The van der Waals surface area contributed by atoms with Gasteiger partial charge in [-0.2, -0.15) is 0 Å². The lowest BCUT2D eigenvalue weighted by atomic mass is 9.77. The maximum absolute atomic E-state index is 6.04. The summed E-state index contributed by atoms with van der Waals surface area (Å²) in [5.74, 6) is 1.95. The third kappa shape index (κ3) is 2.61. The van der Waals surface area contributed by atoms with Crippen molar-refractivity contribution >= 4 is 17.3 Å². The highest BCUT2D eigenvalue weighted by Crippen LogP contribution is 2.50. The van der Waals surface area contributed by atoms with E-state index in [0.29, 0.717) is 24.5 Å². The van der Waals surface area contributed by atoms with Crippen LogP contribution < -0.4 is 10.1 Å². The Morgan fingerprint density at radius 2 is 2.00 bits per heavy atom. The van der Waals surface area contributed by atoms with E-state index in [1.807, 2.05) is 25.1 Å². The molecule has 3 atom stereocenters. The Balaban J connectivity index is 1.72. The van der Waals surface area contributed by atoms with Gasteiger partial charge in [0.2, 0.25) is 0 Å². The summed E-state index contributed by atoms with van der Waals surface area (Å²) < 4.78 is 5.68. The number of hydrogen-bond donors (Lipinski definition) is 1. The van der Waals surface area contributed by atoms with Crippen LogP contribution in [0.3, 0.4) is 0 Å². The van der Waals surface area contributed by atoms with Crippen molar-refractivity contribution in [1.82, 2.24) is 0 Å². The predicted molar refractivity (Wildman–Crippen MR) is 95.4 cm³/mol. The number of fused-ring (bicyclic) bond motifs is 3. The van der Waals surface area contributed by atoms with Gasteiger partial charge in [-0.05, 0) is 60.7 Å². The van der Waals surface area contributed by atoms with Crippen LogP contribution >= 0.6 is 11.6 Å². The van der Waals surface area contributed by atoms with Crippen LogP contribution in [-0.4, -0.2) is 6.61 Å². The first kappa shape index (κ1) is 14.6. The van der Waals surface area contributed by atoms with E-state index in [2.05, 4.69) is 41.7 Å². The number of ether oxygens (including phenoxy) is 1. The number of hydrogen-bond acceptors (Lipinski definition) is 2. The quantitative estimate of drug-likeness (QED) is 0.745. The average Bonchev–Trinajstić information content (AvgIpc) is 3.05. The molecule has 0 spiro atoms.